The van der Waals surface area contributed by atoms with E-state index in [0.717, 1.165) is 0 Å². The highest BCUT2D eigenvalue weighted by Crippen LogP contribution is 2.27. The number of amides is 1. The van der Waals surface area contributed by atoms with E-state index < -0.39 is 5.97 Å². The molecule has 0 aliphatic heterocycles. The first-order valence-corrected chi connectivity index (χ1v) is 7.47. The zero-order valence-electron chi connectivity index (χ0n) is 13.3. The van der Waals surface area contributed by atoms with Gasteiger partial charge in [0.05, 0.1) is 31.4 Å². The van der Waals surface area contributed by atoms with Crippen molar-refractivity contribution < 1.29 is 19.1 Å². The fourth-order valence-electron chi connectivity index (χ4n) is 2.05. The van der Waals surface area contributed by atoms with E-state index in [-0.39, 0.29) is 12.5 Å². The van der Waals surface area contributed by atoms with Crippen LogP contribution in [0.25, 0.3) is 0 Å². The van der Waals surface area contributed by atoms with Crippen molar-refractivity contribution >= 4 is 34.9 Å². The van der Waals surface area contributed by atoms with Gasteiger partial charge < -0.3 is 20.1 Å². The molecule has 0 saturated heterocycles. The van der Waals surface area contributed by atoms with E-state index in [0.29, 0.717) is 27.7 Å². The highest BCUT2D eigenvalue weighted by Gasteiger charge is 2.12. The van der Waals surface area contributed by atoms with Gasteiger partial charge in [-0.2, -0.15) is 0 Å². The maximum Gasteiger partial charge on any atom is 0.339 e. The summed E-state index contributed by atoms with van der Waals surface area (Å²) < 4.78 is 9.76. The lowest BCUT2D eigenvalue weighted by Gasteiger charge is -2.11. The zero-order chi connectivity index (χ0) is 17.5. The molecule has 24 heavy (non-hydrogen) atoms. The average molecular weight is 349 g/mol. The smallest absolute Gasteiger partial charge is 0.339 e. The average Bonchev–Trinajstić information content (AvgIpc) is 2.59. The van der Waals surface area contributed by atoms with Crippen molar-refractivity contribution in [2.45, 2.75) is 0 Å². The molecular formula is C17H17ClN2O4. The van der Waals surface area contributed by atoms with Crippen molar-refractivity contribution in [2.75, 3.05) is 31.4 Å². The van der Waals surface area contributed by atoms with Gasteiger partial charge >= 0.3 is 5.97 Å². The van der Waals surface area contributed by atoms with Crippen molar-refractivity contribution in [1.29, 1.82) is 0 Å². The molecule has 0 aliphatic carbocycles. The molecule has 0 spiro atoms. The normalized spacial score (nSPS) is 9.96. The third kappa shape index (κ3) is 4.39. The highest BCUT2D eigenvalue weighted by molar-refractivity contribution is 6.32. The van der Waals surface area contributed by atoms with Crippen LogP contribution in [0.1, 0.15) is 10.4 Å². The molecule has 0 bridgehead atoms. The third-order valence-corrected chi connectivity index (χ3v) is 3.50. The molecular weight excluding hydrogens is 332 g/mol. The van der Waals surface area contributed by atoms with Gasteiger partial charge in [0.15, 0.2) is 0 Å². The lowest BCUT2D eigenvalue weighted by molar-refractivity contribution is -0.114. The first kappa shape index (κ1) is 17.6. The first-order chi connectivity index (χ1) is 11.5. The number of carbonyl (C=O) groups excluding carboxylic acids is 2. The zero-order valence-corrected chi connectivity index (χ0v) is 14.0. The van der Waals surface area contributed by atoms with Gasteiger partial charge in [-0.25, -0.2) is 4.79 Å². The molecule has 0 fully saturated rings. The maximum atomic E-state index is 12.0. The number of hydrogen-bond donors (Lipinski definition) is 2. The van der Waals surface area contributed by atoms with Gasteiger partial charge in [0.2, 0.25) is 5.91 Å². The molecule has 0 heterocycles. The van der Waals surface area contributed by atoms with Crippen LogP contribution in [0.5, 0.6) is 5.75 Å². The molecule has 6 nitrogen and oxygen atoms in total. The summed E-state index contributed by atoms with van der Waals surface area (Å²) in [6.07, 6.45) is 0. The van der Waals surface area contributed by atoms with Crippen LogP contribution in [0.2, 0.25) is 5.02 Å². The van der Waals surface area contributed by atoms with Crippen LogP contribution in [0.15, 0.2) is 42.5 Å². The summed E-state index contributed by atoms with van der Waals surface area (Å²) in [6.45, 7) is -0.0162. The standard InChI is InChI=1S/C17H17ClN2O4/c1-23-15-8-7-11(9-13(15)18)20-16(21)10-19-14-6-4-3-5-12(14)17(22)24-2/h3-9,19H,10H2,1-2H3,(H,20,21). The lowest BCUT2D eigenvalue weighted by Crippen LogP contribution is -2.22. The minimum Gasteiger partial charge on any atom is -0.495 e. The van der Waals surface area contributed by atoms with Gasteiger partial charge in [-0.1, -0.05) is 23.7 Å². The molecule has 0 aliphatic rings. The molecule has 1 amide bonds. The maximum absolute atomic E-state index is 12.0. The molecule has 2 rings (SSSR count). The SMILES string of the molecule is COC(=O)c1ccccc1NCC(=O)Nc1ccc(OC)c(Cl)c1. The number of anilines is 2. The Hall–Kier alpha value is -2.73. The van der Waals surface area contributed by atoms with Crippen LogP contribution >= 0.6 is 11.6 Å². The Bertz CT molecular complexity index is 749. The summed E-state index contributed by atoms with van der Waals surface area (Å²) >= 11 is 6.01. The number of methoxy groups -OCH3 is 2. The Morgan fingerprint density at radius 3 is 2.54 bits per heavy atom. The predicted molar refractivity (Wildman–Crippen MR) is 92.9 cm³/mol. The summed E-state index contributed by atoms with van der Waals surface area (Å²) in [5.74, 6) is -0.226. The number of hydrogen-bond acceptors (Lipinski definition) is 5. The van der Waals surface area contributed by atoms with Crippen LogP contribution in [0.4, 0.5) is 11.4 Å². The Balaban J connectivity index is 1.99. The number of ether oxygens (including phenoxy) is 2. The molecule has 0 atom stereocenters. The predicted octanol–water partition coefficient (Wildman–Crippen LogP) is 3.19. The molecule has 0 radical (unpaired) electrons. The molecule has 0 unspecified atom stereocenters. The second-order valence-electron chi connectivity index (χ2n) is 4.79. The number of halogens is 1. The fraction of sp³-hybridized carbons (Fsp3) is 0.176. The summed E-state index contributed by atoms with van der Waals surface area (Å²) in [5.41, 5.74) is 1.43. The molecule has 126 valence electrons. The van der Waals surface area contributed by atoms with E-state index in [1.807, 2.05) is 0 Å². The largest absolute Gasteiger partial charge is 0.495 e. The van der Waals surface area contributed by atoms with Crippen molar-refractivity contribution in [3.63, 3.8) is 0 Å². The summed E-state index contributed by atoms with van der Waals surface area (Å²) in [6, 6.07) is 11.7. The van der Waals surface area contributed by atoms with E-state index in [1.54, 1.807) is 42.5 Å². The minimum atomic E-state index is -0.472. The van der Waals surface area contributed by atoms with E-state index in [4.69, 9.17) is 21.1 Å². The molecule has 2 aromatic rings. The van der Waals surface area contributed by atoms with Crippen LogP contribution in [0.3, 0.4) is 0 Å². The Labute approximate surface area is 144 Å². The van der Waals surface area contributed by atoms with E-state index in [9.17, 15) is 9.59 Å². The van der Waals surface area contributed by atoms with Gasteiger partial charge in [0.1, 0.15) is 5.75 Å². The quantitative estimate of drug-likeness (QED) is 0.784. The number of nitrogens with one attached hydrogen (secondary N) is 2. The van der Waals surface area contributed by atoms with Gasteiger partial charge in [-0.15, -0.1) is 0 Å². The van der Waals surface area contributed by atoms with Gasteiger partial charge in [0.25, 0.3) is 0 Å². The first-order valence-electron chi connectivity index (χ1n) is 7.09. The highest BCUT2D eigenvalue weighted by atomic mass is 35.5. The molecule has 0 saturated carbocycles. The van der Waals surface area contributed by atoms with Gasteiger partial charge in [-0.3, -0.25) is 4.79 Å². The summed E-state index contributed by atoms with van der Waals surface area (Å²) in [5, 5.41) is 6.03. The van der Waals surface area contributed by atoms with Crippen molar-refractivity contribution in [1.82, 2.24) is 0 Å². The van der Waals surface area contributed by atoms with Gasteiger partial charge in [0, 0.05) is 11.4 Å². The third-order valence-electron chi connectivity index (χ3n) is 3.21. The Morgan fingerprint density at radius 2 is 1.88 bits per heavy atom. The van der Waals surface area contributed by atoms with Gasteiger partial charge in [-0.05, 0) is 30.3 Å². The molecule has 2 N–H and O–H groups in total. The Kier molecular flexibility index (Phi) is 6.03. The fourth-order valence-corrected chi connectivity index (χ4v) is 2.31. The van der Waals surface area contributed by atoms with Crippen LogP contribution < -0.4 is 15.4 Å². The van der Waals surface area contributed by atoms with Crippen LogP contribution in [0, 0.1) is 0 Å². The summed E-state index contributed by atoms with van der Waals surface area (Å²) in [4.78, 5) is 23.7. The van der Waals surface area contributed by atoms with E-state index in [1.165, 1.54) is 14.2 Å². The molecule has 2 aromatic carbocycles. The lowest BCUT2D eigenvalue weighted by atomic mass is 10.2. The number of carbonyl (C=O) groups is 2. The monoisotopic (exact) mass is 348 g/mol. The Morgan fingerprint density at radius 1 is 1.12 bits per heavy atom. The number of esters is 1. The number of rotatable bonds is 6. The number of benzene rings is 2. The second-order valence-corrected chi connectivity index (χ2v) is 5.20. The minimum absolute atomic E-state index is 0.0162. The molecule has 7 heteroatoms. The molecule has 0 aromatic heterocycles. The van der Waals surface area contributed by atoms with E-state index in [2.05, 4.69) is 10.6 Å². The van der Waals surface area contributed by atoms with Crippen LogP contribution in [-0.4, -0.2) is 32.6 Å². The van der Waals surface area contributed by atoms with Crippen molar-refractivity contribution in [3.05, 3.63) is 53.1 Å². The van der Waals surface area contributed by atoms with Crippen molar-refractivity contribution in [3.8, 4) is 5.75 Å². The van der Waals surface area contributed by atoms with E-state index >= 15 is 0 Å². The number of para-hydroxylation sites is 1. The van der Waals surface area contributed by atoms with Crippen LogP contribution in [-0.2, 0) is 9.53 Å². The topological polar surface area (TPSA) is 76.7 Å². The summed E-state index contributed by atoms with van der Waals surface area (Å²) in [7, 11) is 2.82. The van der Waals surface area contributed by atoms with Crippen molar-refractivity contribution in [2.24, 2.45) is 0 Å². The second kappa shape index (κ2) is 8.21.